The number of carbonyl (C=O) groups excluding carboxylic acids is 1. The molecule has 16 heavy (non-hydrogen) atoms. The fourth-order valence-corrected chi connectivity index (χ4v) is 0.876. The summed E-state index contributed by atoms with van der Waals surface area (Å²) in [6.07, 6.45) is -0.390. The number of nitrogens with zero attached hydrogens (tertiary/aromatic N) is 2. The molecule has 0 aliphatic carbocycles. The van der Waals surface area contributed by atoms with Crippen molar-refractivity contribution in [3.05, 3.63) is 12.3 Å². The monoisotopic (exact) mass is 230 g/mol. The molecule has 0 aromatic rings. The van der Waals surface area contributed by atoms with Gasteiger partial charge in [0, 0.05) is 19.8 Å². The van der Waals surface area contributed by atoms with Gasteiger partial charge in [0.2, 0.25) is 0 Å². The maximum absolute atomic E-state index is 11.6. The third-order valence-corrected chi connectivity index (χ3v) is 1.79. The van der Waals surface area contributed by atoms with E-state index in [1.165, 1.54) is 9.91 Å². The molecule has 0 bridgehead atoms. The fraction of sp³-hybridized carbons (Fsp3) is 0.700. The van der Waals surface area contributed by atoms with Crippen LogP contribution in [0.5, 0.6) is 0 Å². The third kappa shape index (κ3) is 5.57. The molecule has 0 saturated heterocycles. The van der Waals surface area contributed by atoms with E-state index in [1.54, 1.807) is 14.1 Å². The van der Waals surface area contributed by atoms with Gasteiger partial charge in [0.15, 0.2) is 0 Å². The highest BCUT2D eigenvalue weighted by Crippen LogP contribution is 2.09. The summed E-state index contributed by atoms with van der Waals surface area (Å²) in [5.41, 5.74) is 2.58. The van der Waals surface area contributed by atoms with E-state index in [9.17, 15) is 4.79 Å². The minimum absolute atomic E-state index is 0.343. The highest BCUT2D eigenvalue weighted by molar-refractivity contribution is 5.68. The molecule has 0 unspecified atom stereocenters. The summed E-state index contributed by atoms with van der Waals surface area (Å²) >= 11 is 0. The van der Waals surface area contributed by atoms with E-state index in [2.05, 4.69) is 12.1 Å². The van der Waals surface area contributed by atoms with E-state index in [0.717, 1.165) is 0 Å². The van der Waals surface area contributed by atoms with E-state index in [4.69, 9.17) is 10.6 Å². The Bertz CT molecular complexity index is 260. The van der Waals surface area contributed by atoms with Gasteiger partial charge in [-0.15, -0.1) is 0 Å². The van der Waals surface area contributed by atoms with Gasteiger partial charge in [-0.3, -0.25) is 5.84 Å². The van der Waals surface area contributed by atoms with E-state index >= 15 is 0 Å². The van der Waals surface area contributed by atoms with Crippen LogP contribution in [0.2, 0.25) is 0 Å². The molecule has 0 radical (unpaired) electrons. The Morgan fingerprint density at radius 1 is 1.44 bits per heavy atom. The average Bonchev–Trinajstić information content (AvgIpc) is 2.13. The second kappa shape index (κ2) is 5.72. The molecular formula is C10H22N4O2. The Hall–Kier alpha value is -1.27. The van der Waals surface area contributed by atoms with Crippen molar-refractivity contribution < 1.29 is 9.53 Å². The van der Waals surface area contributed by atoms with Gasteiger partial charge < -0.3 is 14.6 Å². The quantitative estimate of drug-likeness (QED) is 0.549. The van der Waals surface area contributed by atoms with Crippen LogP contribution in [-0.4, -0.2) is 42.2 Å². The molecule has 94 valence electrons. The normalized spacial score (nSPS) is 10.9. The number of carbonyl (C=O) groups is 1. The fourth-order valence-electron chi connectivity index (χ4n) is 0.876. The zero-order valence-corrected chi connectivity index (χ0v) is 10.7. The number of amides is 1. The van der Waals surface area contributed by atoms with Crippen molar-refractivity contribution in [2.75, 3.05) is 20.6 Å². The maximum Gasteiger partial charge on any atom is 0.410 e. The zero-order chi connectivity index (χ0) is 12.9. The van der Waals surface area contributed by atoms with E-state index in [1.807, 2.05) is 20.8 Å². The molecule has 0 atom stereocenters. The summed E-state index contributed by atoms with van der Waals surface area (Å²) < 4.78 is 5.19. The number of ether oxygens (including phenoxy) is 1. The van der Waals surface area contributed by atoms with Crippen LogP contribution >= 0.6 is 0 Å². The second-order valence-electron chi connectivity index (χ2n) is 4.59. The minimum atomic E-state index is -0.495. The standard InChI is InChI=1S/C10H22N4O2/c1-8(14(6)12-11)7-13(5)9(15)16-10(2,3)4/h12H,1,7,11H2,2-6H3. The molecule has 6 nitrogen and oxygen atoms in total. The summed E-state index contributed by atoms with van der Waals surface area (Å²) in [5, 5.41) is 1.53. The van der Waals surface area contributed by atoms with Crippen LogP contribution in [0.25, 0.3) is 0 Å². The molecule has 0 spiro atoms. The van der Waals surface area contributed by atoms with E-state index in [-0.39, 0.29) is 6.09 Å². The molecule has 0 aliphatic rings. The molecule has 0 fully saturated rings. The van der Waals surface area contributed by atoms with Crippen LogP contribution in [0.4, 0.5) is 4.79 Å². The van der Waals surface area contributed by atoms with Crippen molar-refractivity contribution in [3.8, 4) is 0 Å². The number of rotatable bonds is 4. The Balaban J connectivity index is 4.21. The SMILES string of the molecule is C=C(CN(C)C(=O)OC(C)(C)C)N(C)NN. The Morgan fingerprint density at radius 3 is 2.31 bits per heavy atom. The zero-order valence-electron chi connectivity index (χ0n) is 10.7. The summed E-state index contributed by atoms with van der Waals surface area (Å²) in [5.74, 6) is 5.21. The van der Waals surface area contributed by atoms with Crippen LogP contribution in [0.1, 0.15) is 20.8 Å². The topological polar surface area (TPSA) is 70.8 Å². The van der Waals surface area contributed by atoms with Crippen LogP contribution in [0.3, 0.4) is 0 Å². The predicted molar refractivity (Wildman–Crippen MR) is 63.1 cm³/mol. The van der Waals surface area contributed by atoms with Gasteiger partial charge in [0.1, 0.15) is 5.60 Å². The lowest BCUT2D eigenvalue weighted by atomic mass is 10.2. The Labute approximate surface area is 97.0 Å². The summed E-state index contributed by atoms with van der Waals surface area (Å²) in [6, 6.07) is 0. The smallest absolute Gasteiger partial charge is 0.410 e. The van der Waals surface area contributed by atoms with Crippen LogP contribution in [0.15, 0.2) is 12.3 Å². The summed E-state index contributed by atoms with van der Waals surface area (Å²) in [4.78, 5) is 13.0. The number of hydrogen-bond donors (Lipinski definition) is 2. The minimum Gasteiger partial charge on any atom is -0.444 e. The van der Waals surface area contributed by atoms with Gasteiger partial charge in [0.05, 0.1) is 6.54 Å². The van der Waals surface area contributed by atoms with E-state index in [0.29, 0.717) is 12.2 Å². The number of nitrogens with one attached hydrogen (secondary N) is 1. The maximum atomic E-state index is 11.6. The third-order valence-electron chi connectivity index (χ3n) is 1.79. The molecule has 0 saturated carbocycles. The molecule has 1 amide bonds. The van der Waals surface area contributed by atoms with E-state index < -0.39 is 5.60 Å². The lowest BCUT2D eigenvalue weighted by Crippen LogP contribution is -2.43. The first-order valence-corrected chi connectivity index (χ1v) is 4.99. The Morgan fingerprint density at radius 2 is 1.94 bits per heavy atom. The first kappa shape index (κ1) is 14.7. The van der Waals surface area contributed by atoms with Crippen molar-refractivity contribution in [2.45, 2.75) is 26.4 Å². The average molecular weight is 230 g/mol. The highest BCUT2D eigenvalue weighted by atomic mass is 16.6. The first-order chi connectivity index (χ1) is 7.17. The summed E-state index contributed by atoms with van der Waals surface area (Å²) in [6.45, 7) is 9.58. The van der Waals surface area contributed by atoms with Crippen molar-refractivity contribution in [3.63, 3.8) is 0 Å². The molecule has 0 aromatic carbocycles. The molecule has 3 N–H and O–H groups in total. The number of hydrogen-bond acceptors (Lipinski definition) is 5. The van der Waals surface area contributed by atoms with Gasteiger partial charge in [-0.05, 0) is 20.8 Å². The van der Waals surface area contributed by atoms with Crippen LogP contribution < -0.4 is 11.4 Å². The molecule has 0 heterocycles. The number of nitrogens with two attached hydrogens (primary N) is 1. The number of hydrazine groups is 2. The molecular weight excluding hydrogens is 208 g/mol. The Kier molecular flexibility index (Phi) is 5.26. The first-order valence-electron chi connectivity index (χ1n) is 4.99. The predicted octanol–water partition coefficient (Wildman–Crippen LogP) is 0.677. The molecule has 0 aromatic heterocycles. The largest absolute Gasteiger partial charge is 0.444 e. The van der Waals surface area contributed by atoms with Gasteiger partial charge >= 0.3 is 6.09 Å². The van der Waals surface area contributed by atoms with Gasteiger partial charge in [-0.25, -0.2) is 4.79 Å². The van der Waals surface area contributed by atoms with Crippen molar-refractivity contribution in [1.29, 1.82) is 0 Å². The van der Waals surface area contributed by atoms with Crippen molar-refractivity contribution in [1.82, 2.24) is 15.4 Å². The molecule has 0 rings (SSSR count). The summed E-state index contributed by atoms with van der Waals surface area (Å²) in [7, 11) is 3.36. The molecule has 6 heteroatoms. The second-order valence-corrected chi connectivity index (χ2v) is 4.59. The number of likely N-dealkylation sites (N-methyl/N-ethyl adjacent to an activating group) is 2. The van der Waals surface area contributed by atoms with Crippen molar-refractivity contribution >= 4 is 6.09 Å². The van der Waals surface area contributed by atoms with Crippen LogP contribution in [-0.2, 0) is 4.74 Å². The van der Waals surface area contributed by atoms with Gasteiger partial charge in [-0.1, -0.05) is 6.58 Å². The van der Waals surface area contributed by atoms with Gasteiger partial charge in [0.25, 0.3) is 0 Å². The van der Waals surface area contributed by atoms with Crippen LogP contribution in [0, 0.1) is 0 Å². The lowest BCUT2D eigenvalue weighted by molar-refractivity contribution is 0.0301. The highest BCUT2D eigenvalue weighted by Gasteiger charge is 2.20. The molecule has 0 aliphatic heterocycles. The lowest BCUT2D eigenvalue weighted by Gasteiger charge is -2.27. The van der Waals surface area contributed by atoms with Crippen molar-refractivity contribution in [2.24, 2.45) is 5.84 Å². The van der Waals surface area contributed by atoms with Gasteiger partial charge in [-0.2, -0.15) is 5.53 Å².